The van der Waals surface area contributed by atoms with E-state index < -0.39 is 42.7 Å². The summed E-state index contributed by atoms with van der Waals surface area (Å²) in [4.78, 5) is 16.2. The maximum atomic E-state index is 11.9. The predicted octanol–water partition coefficient (Wildman–Crippen LogP) is -0.190. The maximum absolute atomic E-state index is 11.9. The van der Waals surface area contributed by atoms with Crippen molar-refractivity contribution in [3.8, 4) is 18.1 Å². The lowest BCUT2D eigenvalue weighted by molar-refractivity contribution is -0.498. The van der Waals surface area contributed by atoms with Crippen LogP contribution < -0.4 is 15.4 Å². The number of ether oxygens (including phenoxy) is 2. The molecule has 12 nitrogen and oxygen atoms in total. The average Bonchev–Trinajstić information content (AvgIpc) is 2.74. The van der Waals surface area contributed by atoms with E-state index in [1.807, 2.05) is 0 Å². The van der Waals surface area contributed by atoms with E-state index in [1.54, 1.807) is 12.1 Å². The number of urea groups is 1. The fourth-order valence-corrected chi connectivity index (χ4v) is 2.77. The van der Waals surface area contributed by atoms with Crippen LogP contribution in [0, 0.1) is 12.3 Å². The van der Waals surface area contributed by atoms with Gasteiger partial charge in [0.05, 0.1) is 5.39 Å². The van der Waals surface area contributed by atoms with Gasteiger partial charge in [0, 0.05) is 18.7 Å². The highest BCUT2D eigenvalue weighted by molar-refractivity contribution is 5.89. The van der Waals surface area contributed by atoms with Crippen molar-refractivity contribution in [2.45, 2.75) is 50.0 Å². The van der Waals surface area contributed by atoms with Crippen LogP contribution in [0.1, 0.15) is 19.3 Å². The minimum Gasteiger partial charge on any atom is -0.462 e. The Hall–Kier alpha value is -2.47. The number of hydrogen-bond donors (Lipinski definition) is 7. The summed E-state index contributed by atoms with van der Waals surface area (Å²) >= 11 is 0. The Morgan fingerprint density at radius 2 is 1.84 bits per heavy atom. The molecule has 0 bridgehead atoms. The molecular weight excluding hydrogens is 414 g/mol. The van der Waals surface area contributed by atoms with Crippen LogP contribution in [0.25, 0.3) is 0 Å². The summed E-state index contributed by atoms with van der Waals surface area (Å²) in [6.45, 7) is -0.0342. The molecule has 1 aromatic rings. The van der Waals surface area contributed by atoms with Crippen molar-refractivity contribution in [3.63, 3.8) is 0 Å². The highest BCUT2D eigenvalue weighted by atomic mass is 17.1. The monoisotopic (exact) mass is 441 g/mol. The van der Waals surface area contributed by atoms with Crippen molar-refractivity contribution < 1.29 is 44.8 Å². The number of terminal acetylenes is 1. The van der Waals surface area contributed by atoms with Crippen LogP contribution in [0.2, 0.25) is 0 Å². The Bertz CT molecular complexity index is 725. The zero-order valence-corrected chi connectivity index (χ0v) is 16.6. The quantitative estimate of drug-likeness (QED) is 0.146. The van der Waals surface area contributed by atoms with Gasteiger partial charge in [0.1, 0.15) is 36.8 Å². The number of hydrogen-bond acceptors (Lipinski definition) is 10. The number of amides is 2. The molecule has 172 valence electrons. The third-order valence-corrected chi connectivity index (χ3v) is 4.42. The number of carbonyl (C=O) groups excluding carboxylic acids is 1. The van der Waals surface area contributed by atoms with Gasteiger partial charge in [-0.3, -0.25) is 10.4 Å². The van der Waals surface area contributed by atoms with E-state index in [2.05, 4.69) is 21.4 Å². The summed E-state index contributed by atoms with van der Waals surface area (Å²) in [5.74, 6) is 2.78. The molecule has 31 heavy (non-hydrogen) atoms. The van der Waals surface area contributed by atoms with E-state index >= 15 is 0 Å². The molecule has 2 amide bonds. The second-order valence-corrected chi connectivity index (χ2v) is 6.75. The lowest BCUT2D eigenvalue weighted by atomic mass is 9.99. The summed E-state index contributed by atoms with van der Waals surface area (Å²) in [6, 6.07) is 5.75. The van der Waals surface area contributed by atoms with Gasteiger partial charge in [0.2, 0.25) is 6.29 Å². The Morgan fingerprint density at radius 3 is 2.48 bits per heavy atom. The van der Waals surface area contributed by atoms with E-state index in [1.165, 1.54) is 12.1 Å². The van der Waals surface area contributed by atoms with Crippen LogP contribution in [0.15, 0.2) is 24.3 Å². The van der Waals surface area contributed by atoms with Gasteiger partial charge in [-0.05, 0) is 37.1 Å². The first kappa shape index (κ1) is 24.8. The molecule has 0 spiro atoms. The number of anilines is 1. The standard InChI is InChI=1S/C19H27N3O9/c1-2-3-4-5-10-20-19(26)21-12-6-8-13(9-7-12)30-18-17(25)16(24)15(23)14(31-18)11-29-22(27)28/h1,6-9,14-18,23-25,27-28H,3-5,10-11H2,(H2,20,21,26)/t14?,15-,16?,17?,18+/m1/s1. The molecule has 5 atom stereocenters. The van der Waals surface area contributed by atoms with Gasteiger partial charge in [-0.25, -0.2) is 9.63 Å². The third kappa shape index (κ3) is 7.94. The predicted molar refractivity (Wildman–Crippen MR) is 105 cm³/mol. The summed E-state index contributed by atoms with van der Waals surface area (Å²) in [5, 5.41) is 52.0. The molecule has 0 saturated carbocycles. The Balaban J connectivity index is 1.86. The molecule has 1 heterocycles. The van der Waals surface area contributed by atoms with Crippen LogP contribution in [0.5, 0.6) is 5.75 Å². The second-order valence-electron chi connectivity index (χ2n) is 6.75. The third-order valence-electron chi connectivity index (χ3n) is 4.42. The van der Waals surface area contributed by atoms with E-state index in [0.717, 1.165) is 12.8 Å². The Kier molecular flexibility index (Phi) is 9.92. The van der Waals surface area contributed by atoms with Crippen LogP contribution in [0.4, 0.5) is 10.5 Å². The highest BCUT2D eigenvalue weighted by Gasteiger charge is 2.45. The van der Waals surface area contributed by atoms with Crippen molar-refractivity contribution in [2.75, 3.05) is 18.5 Å². The molecule has 2 rings (SSSR count). The normalized spacial score (nSPS) is 25.6. The van der Waals surface area contributed by atoms with Gasteiger partial charge in [0.25, 0.3) is 0 Å². The molecule has 0 aromatic heterocycles. The Morgan fingerprint density at radius 1 is 1.13 bits per heavy atom. The van der Waals surface area contributed by atoms with Crippen LogP contribution in [-0.2, 0) is 9.57 Å². The van der Waals surface area contributed by atoms with Gasteiger partial charge in [-0.1, -0.05) is 0 Å². The van der Waals surface area contributed by atoms with Gasteiger partial charge in [-0.2, -0.15) is 0 Å². The van der Waals surface area contributed by atoms with Gasteiger partial charge >= 0.3 is 6.03 Å². The SMILES string of the molecule is C#CCCCCNC(=O)Nc1ccc(O[C@H]2OC(CON(O)O)[C@@H](O)C(O)C2O)cc1. The van der Waals surface area contributed by atoms with E-state index in [4.69, 9.17) is 26.3 Å². The molecule has 7 N–H and O–H groups in total. The van der Waals surface area contributed by atoms with Crippen LogP contribution >= 0.6 is 0 Å². The van der Waals surface area contributed by atoms with E-state index in [9.17, 15) is 20.1 Å². The molecule has 1 saturated heterocycles. The number of benzene rings is 1. The zero-order chi connectivity index (χ0) is 22.8. The van der Waals surface area contributed by atoms with Gasteiger partial charge < -0.3 is 35.4 Å². The first-order chi connectivity index (χ1) is 14.8. The number of nitrogens with zero attached hydrogens (tertiary/aromatic N) is 1. The number of aliphatic hydroxyl groups excluding tert-OH is 3. The molecule has 0 radical (unpaired) electrons. The van der Waals surface area contributed by atoms with Crippen LogP contribution in [0.3, 0.4) is 0 Å². The minimum atomic E-state index is -1.62. The molecule has 1 aliphatic rings. The fraction of sp³-hybridized carbons (Fsp3) is 0.526. The number of carbonyl (C=O) groups is 1. The molecule has 0 aliphatic carbocycles. The zero-order valence-electron chi connectivity index (χ0n) is 16.6. The molecule has 12 heteroatoms. The Labute approximate surface area is 178 Å². The topological polar surface area (TPSA) is 173 Å². The smallest absolute Gasteiger partial charge is 0.319 e. The fourth-order valence-electron chi connectivity index (χ4n) is 2.77. The maximum Gasteiger partial charge on any atom is 0.319 e. The van der Waals surface area contributed by atoms with Crippen molar-refractivity contribution in [1.82, 2.24) is 10.7 Å². The number of aliphatic hydroxyl groups is 3. The number of nitrogens with one attached hydrogen (secondary N) is 2. The van der Waals surface area contributed by atoms with Crippen LogP contribution in [-0.4, -0.2) is 81.0 Å². The summed E-state index contributed by atoms with van der Waals surface area (Å²) < 4.78 is 10.9. The van der Waals surface area contributed by atoms with Crippen molar-refractivity contribution in [3.05, 3.63) is 24.3 Å². The first-order valence-electron chi connectivity index (χ1n) is 9.57. The number of rotatable bonds is 10. The second kappa shape index (κ2) is 12.4. The number of unbranched alkanes of at least 4 members (excludes halogenated alkanes) is 2. The summed E-state index contributed by atoms with van der Waals surface area (Å²) in [5.41, 5.74) is 0.492. The highest BCUT2D eigenvalue weighted by Crippen LogP contribution is 2.25. The molecule has 1 aromatic carbocycles. The van der Waals surface area contributed by atoms with Crippen molar-refractivity contribution in [2.24, 2.45) is 0 Å². The molecular formula is C19H27N3O9. The molecule has 1 aliphatic heterocycles. The molecule has 1 fully saturated rings. The van der Waals surface area contributed by atoms with Gasteiger partial charge in [0.15, 0.2) is 0 Å². The lowest BCUT2D eigenvalue weighted by Gasteiger charge is -2.40. The minimum absolute atomic E-state index is 0.249. The first-order valence-corrected chi connectivity index (χ1v) is 9.57. The van der Waals surface area contributed by atoms with E-state index in [0.29, 0.717) is 18.7 Å². The van der Waals surface area contributed by atoms with Crippen molar-refractivity contribution in [1.29, 1.82) is 0 Å². The largest absolute Gasteiger partial charge is 0.462 e. The summed E-state index contributed by atoms with van der Waals surface area (Å²) in [7, 11) is 0. The molecule has 3 unspecified atom stereocenters. The average molecular weight is 441 g/mol. The van der Waals surface area contributed by atoms with Crippen molar-refractivity contribution >= 4 is 11.7 Å². The van der Waals surface area contributed by atoms with E-state index in [-0.39, 0.29) is 11.8 Å². The lowest BCUT2D eigenvalue weighted by Crippen LogP contribution is -2.60. The summed E-state index contributed by atoms with van der Waals surface area (Å²) in [6.07, 6.45) is 0.0921. The van der Waals surface area contributed by atoms with Gasteiger partial charge in [-0.15, -0.1) is 12.3 Å².